The highest BCUT2D eigenvalue weighted by molar-refractivity contribution is 7.99. The maximum atomic E-state index is 13.0. The predicted octanol–water partition coefficient (Wildman–Crippen LogP) is 3.28. The fourth-order valence-electron chi connectivity index (χ4n) is 3.55. The Morgan fingerprint density at radius 2 is 1.73 bits per heavy atom. The van der Waals surface area contributed by atoms with Crippen LogP contribution in [0.25, 0.3) is 10.9 Å². The van der Waals surface area contributed by atoms with Gasteiger partial charge >= 0.3 is 0 Å². The molecule has 8 heteroatoms. The topological polar surface area (TPSA) is 107 Å². The summed E-state index contributed by atoms with van der Waals surface area (Å²) in [5, 5.41) is 4.04. The van der Waals surface area contributed by atoms with E-state index >= 15 is 0 Å². The number of nitrogens with two attached hydrogens (primary N) is 1. The Bertz CT molecular complexity index is 1130. The summed E-state index contributed by atoms with van der Waals surface area (Å²) in [6.07, 6.45) is 4.33. The van der Waals surface area contributed by atoms with Crippen molar-refractivity contribution in [2.45, 2.75) is 50.2 Å². The van der Waals surface area contributed by atoms with Crippen molar-refractivity contribution in [2.24, 2.45) is 5.73 Å². The molecule has 0 unspecified atom stereocenters. The number of thioether (sulfide) groups is 1. The van der Waals surface area contributed by atoms with Crippen LogP contribution in [-0.4, -0.2) is 33.7 Å². The molecule has 0 saturated carbocycles. The molecular weight excluding hydrogens is 436 g/mol. The van der Waals surface area contributed by atoms with Crippen LogP contribution in [0.1, 0.15) is 37.7 Å². The third-order valence-corrected chi connectivity index (χ3v) is 6.25. The standard InChI is InChI=1S/C25H30N4O3S/c26-22(30)15-5-2-8-17-29-24(32)20-13-6-7-14-21(20)28-25(29)33-18-23(31)27-16-9-12-19-10-3-1-4-11-19/h1,3-4,6-7,10-11,13-14H,2,5,8-9,12,15-18H2,(H2,26,30)(H,27,31). The van der Waals surface area contributed by atoms with E-state index in [9.17, 15) is 14.4 Å². The van der Waals surface area contributed by atoms with Gasteiger partial charge in [-0.25, -0.2) is 4.98 Å². The first-order valence-corrected chi connectivity index (χ1v) is 12.2. The van der Waals surface area contributed by atoms with Gasteiger partial charge in [0, 0.05) is 19.5 Å². The van der Waals surface area contributed by atoms with E-state index in [0.717, 1.165) is 25.7 Å². The van der Waals surface area contributed by atoms with E-state index in [1.165, 1.54) is 17.3 Å². The zero-order valence-corrected chi connectivity index (χ0v) is 19.5. The monoisotopic (exact) mass is 466 g/mol. The summed E-state index contributed by atoms with van der Waals surface area (Å²) >= 11 is 1.27. The summed E-state index contributed by atoms with van der Waals surface area (Å²) in [6.45, 7) is 1.09. The van der Waals surface area contributed by atoms with Crippen molar-refractivity contribution < 1.29 is 9.59 Å². The molecule has 3 aromatic rings. The number of carbonyl (C=O) groups is 2. The van der Waals surface area contributed by atoms with Crippen molar-refractivity contribution in [1.82, 2.24) is 14.9 Å². The molecule has 33 heavy (non-hydrogen) atoms. The van der Waals surface area contributed by atoms with Gasteiger partial charge < -0.3 is 11.1 Å². The Kier molecular flexibility index (Phi) is 9.50. The molecule has 0 bridgehead atoms. The Labute approximate surface area is 197 Å². The molecule has 0 fully saturated rings. The number of para-hydroxylation sites is 1. The molecule has 7 nitrogen and oxygen atoms in total. The first-order valence-electron chi connectivity index (χ1n) is 11.3. The van der Waals surface area contributed by atoms with Gasteiger partial charge in [0.05, 0.1) is 16.7 Å². The minimum atomic E-state index is -0.314. The number of primary amides is 1. The molecule has 0 aliphatic rings. The molecule has 0 aliphatic carbocycles. The number of unbranched alkanes of at least 4 members (excludes halogenated alkanes) is 2. The maximum absolute atomic E-state index is 13.0. The number of carbonyl (C=O) groups excluding carboxylic acids is 2. The minimum Gasteiger partial charge on any atom is -0.370 e. The lowest BCUT2D eigenvalue weighted by atomic mass is 10.1. The van der Waals surface area contributed by atoms with Gasteiger partial charge in [0.25, 0.3) is 5.56 Å². The van der Waals surface area contributed by atoms with Gasteiger partial charge in [-0.2, -0.15) is 0 Å². The number of aromatic nitrogens is 2. The van der Waals surface area contributed by atoms with Gasteiger partial charge in [-0.15, -0.1) is 0 Å². The number of fused-ring (bicyclic) bond motifs is 1. The molecule has 0 atom stereocenters. The number of amides is 2. The second-order valence-electron chi connectivity index (χ2n) is 7.87. The van der Waals surface area contributed by atoms with Gasteiger partial charge in [-0.3, -0.25) is 19.0 Å². The number of hydrogen-bond donors (Lipinski definition) is 2. The van der Waals surface area contributed by atoms with Crippen LogP contribution in [0.15, 0.2) is 64.5 Å². The SMILES string of the molecule is NC(=O)CCCCCn1c(SCC(=O)NCCCc2ccccc2)nc2ccccc2c1=O. The van der Waals surface area contributed by atoms with E-state index in [-0.39, 0.29) is 23.1 Å². The second-order valence-corrected chi connectivity index (χ2v) is 8.82. The first kappa shape index (κ1) is 24.5. The van der Waals surface area contributed by atoms with Crippen molar-refractivity contribution in [3.05, 3.63) is 70.5 Å². The molecule has 2 amide bonds. The van der Waals surface area contributed by atoms with E-state index in [1.807, 2.05) is 36.4 Å². The molecule has 1 heterocycles. The molecule has 0 aliphatic heterocycles. The van der Waals surface area contributed by atoms with Crippen molar-refractivity contribution in [3.8, 4) is 0 Å². The van der Waals surface area contributed by atoms with Gasteiger partial charge in [-0.1, -0.05) is 60.6 Å². The van der Waals surface area contributed by atoms with Crippen LogP contribution in [0.5, 0.6) is 0 Å². The molecular formula is C25H30N4O3S. The lowest BCUT2D eigenvalue weighted by molar-refractivity contribution is -0.119. The molecule has 0 saturated heterocycles. The van der Waals surface area contributed by atoms with E-state index in [4.69, 9.17) is 5.73 Å². The zero-order valence-electron chi connectivity index (χ0n) is 18.7. The second kappa shape index (κ2) is 12.8. The number of aryl methyl sites for hydroxylation is 1. The molecule has 3 N–H and O–H groups in total. The average molecular weight is 467 g/mol. The number of nitrogens with zero attached hydrogens (tertiary/aromatic N) is 2. The zero-order chi connectivity index (χ0) is 23.5. The third-order valence-electron chi connectivity index (χ3n) is 5.27. The molecule has 3 rings (SSSR count). The van der Waals surface area contributed by atoms with Crippen LogP contribution in [0.2, 0.25) is 0 Å². The number of nitrogens with one attached hydrogen (secondary N) is 1. The Hall–Kier alpha value is -3.13. The Balaban J connectivity index is 1.57. The highest BCUT2D eigenvalue weighted by Gasteiger charge is 2.13. The van der Waals surface area contributed by atoms with Crippen LogP contribution >= 0.6 is 11.8 Å². The summed E-state index contributed by atoms with van der Waals surface area (Å²) in [5.74, 6) is -0.202. The van der Waals surface area contributed by atoms with E-state index in [1.54, 1.807) is 10.6 Å². The summed E-state index contributed by atoms with van der Waals surface area (Å²) < 4.78 is 1.64. The fraction of sp³-hybridized carbons (Fsp3) is 0.360. The highest BCUT2D eigenvalue weighted by atomic mass is 32.2. The van der Waals surface area contributed by atoms with E-state index in [0.29, 0.717) is 42.0 Å². The summed E-state index contributed by atoms with van der Waals surface area (Å²) in [4.78, 5) is 41.0. The number of rotatable bonds is 13. The Morgan fingerprint density at radius 1 is 0.970 bits per heavy atom. The number of hydrogen-bond acceptors (Lipinski definition) is 5. The lowest BCUT2D eigenvalue weighted by Gasteiger charge is -2.13. The van der Waals surface area contributed by atoms with Crippen LogP contribution in [0.4, 0.5) is 0 Å². The Morgan fingerprint density at radius 3 is 2.52 bits per heavy atom. The normalized spacial score (nSPS) is 10.9. The summed E-state index contributed by atoms with van der Waals surface area (Å²) in [6, 6.07) is 17.4. The molecule has 174 valence electrons. The molecule has 1 aromatic heterocycles. The minimum absolute atomic E-state index is 0.0801. The third kappa shape index (κ3) is 7.75. The van der Waals surface area contributed by atoms with Gasteiger partial charge in [-0.05, 0) is 43.4 Å². The van der Waals surface area contributed by atoms with Gasteiger partial charge in [0.1, 0.15) is 0 Å². The van der Waals surface area contributed by atoms with E-state index in [2.05, 4.69) is 22.4 Å². The average Bonchev–Trinajstić information content (AvgIpc) is 2.82. The predicted molar refractivity (Wildman–Crippen MR) is 132 cm³/mol. The number of benzene rings is 2. The quantitative estimate of drug-likeness (QED) is 0.228. The fourth-order valence-corrected chi connectivity index (χ4v) is 4.40. The summed E-state index contributed by atoms with van der Waals surface area (Å²) in [5.41, 5.74) is 6.96. The molecule has 2 aromatic carbocycles. The van der Waals surface area contributed by atoms with Crippen molar-refractivity contribution >= 4 is 34.5 Å². The van der Waals surface area contributed by atoms with Gasteiger partial charge in [0.2, 0.25) is 11.8 Å². The molecule has 0 radical (unpaired) electrons. The molecule has 0 spiro atoms. The van der Waals surface area contributed by atoms with Gasteiger partial charge in [0.15, 0.2) is 5.16 Å². The largest absolute Gasteiger partial charge is 0.370 e. The van der Waals surface area contributed by atoms with Crippen molar-refractivity contribution in [3.63, 3.8) is 0 Å². The van der Waals surface area contributed by atoms with Crippen LogP contribution in [0.3, 0.4) is 0 Å². The van der Waals surface area contributed by atoms with Crippen LogP contribution in [0, 0.1) is 0 Å². The maximum Gasteiger partial charge on any atom is 0.262 e. The first-order chi connectivity index (χ1) is 16.0. The van der Waals surface area contributed by atoms with Crippen LogP contribution in [-0.2, 0) is 22.6 Å². The van der Waals surface area contributed by atoms with Crippen molar-refractivity contribution in [1.29, 1.82) is 0 Å². The van der Waals surface area contributed by atoms with Crippen LogP contribution < -0.4 is 16.6 Å². The van der Waals surface area contributed by atoms with Crippen molar-refractivity contribution in [2.75, 3.05) is 12.3 Å². The lowest BCUT2D eigenvalue weighted by Crippen LogP contribution is -2.28. The smallest absolute Gasteiger partial charge is 0.262 e. The highest BCUT2D eigenvalue weighted by Crippen LogP contribution is 2.18. The van der Waals surface area contributed by atoms with E-state index < -0.39 is 0 Å². The summed E-state index contributed by atoms with van der Waals surface area (Å²) in [7, 11) is 0.